The molecule has 0 atom stereocenters. The summed E-state index contributed by atoms with van der Waals surface area (Å²) in [6.45, 7) is 0. The number of aromatic amines is 1. The number of hydrogen-bond donors (Lipinski definition) is 2. The van der Waals surface area contributed by atoms with Crippen molar-refractivity contribution in [2.24, 2.45) is 0 Å². The van der Waals surface area contributed by atoms with Crippen molar-refractivity contribution < 1.29 is 13.9 Å². The summed E-state index contributed by atoms with van der Waals surface area (Å²) in [5.41, 5.74) is 1.30. The molecule has 0 aliphatic carbocycles. The molecule has 0 aliphatic rings. The summed E-state index contributed by atoms with van der Waals surface area (Å²) in [5.74, 6) is -0.0656. The highest BCUT2D eigenvalue weighted by atomic mass is 19.1. The fourth-order valence-electron chi connectivity index (χ4n) is 2.41. The van der Waals surface area contributed by atoms with Gasteiger partial charge in [-0.15, -0.1) is 0 Å². The maximum absolute atomic E-state index is 13.3. The Morgan fingerprint density at radius 2 is 2.00 bits per heavy atom. The lowest BCUT2D eigenvalue weighted by molar-refractivity contribution is 0.102. The molecule has 2 aromatic heterocycles. The number of benzene rings is 2. The van der Waals surface area contributed by atoms with Crippen molar-refractivity contribution in [3.8, 4) is 11.6 Å². The van der Waals surface area contributed by atoms with Crippen molar-refractivity contribution in [3.05, 3.63) is 72.4 Å². The standard InChI is InChI=1S/C18H12FN5O2/c19-12-4-1-3-11(7-12)17(25)23-13-5-2-6-14(8-13)26-18-15-9-22-24-16(15)20-10-21-18/h1-10H,(H,23,25)(H,20,21,22,24). The molecule has 0 saturated heterocycles. The third kappa shape index (κ3) is 3.20. The number of H-pyrrole nitrogens is 1. The summed E-state index contributed by atoms with van der Waals surface area (Å²) >= 11 is 0. The Bertz CT molecular complexity index is 1100. The van der Waals surface area contributed by atoms with Crippen LogP contribution in [-0.2, 0) is 0 Å². The molecule has 0 bridgehead atoms. The van der Waals surface area contributed by atoms with Crippen molar-refractivity contribution in [2.75, 3.05) is 5.32 Å². The maximum atomic E-state index is 13.3. The number of carbonyl (C=O) groups is 1. The Hall–Kier alpha value is -3.81. The number of fused-ring (bicyclic) bond motifs is 1. The lowest BCUT2D eigenvalue weighted by Gasteiger charge is -2.09. The zero-order valence-corrected chi connectivity index (χ0v) is 13.3. The van der Waals surface area contributed by atoms with Crippen molar-refractivity contribution in [1.29, 1.82) is 0 Å². The Labute approximate surface area is 146 Å². The number of anilines is 1. The number of nitrogens with one attached hydrogen (secondary N) is 2. The number of ether oxygens (including phenoxy) is 1. The number of aromatic nitrogens is 4. The second-order valence-corrected chi connectivity index (χ2v) is 5.41. The van der Waals surface area contributed by atoms with E-state index in [1.807, 2.05) is 0 Å². The van der Waals surface area contributed by atoms with Gasteiger partial charge in [-0.1, -0.05) is 12.1 Å². The van der Waals surface area contributed by atoms with E-state index in [1.54, 1.807) is 30.5 Å². The van der Waals surface area contributed by atoms with E-state index in [-0.39, 0.29) is 5.56 Å². The van der Waals surface area contributed by atoms with Gasteiger partial charge in [-0.3, -0.25) is 9.89 Å². The lowest BCUT2D eigenvalue weighted by Crippen LogP contribution is -2.12. The highest BCUT2D eigenvalue weighted by Crippen LogP contribution is 2.27. The Kier molecular flexibility index (Phi) is 3.98. The number of amides is 1. The fraction of sp³-hybridized carbons (Fsp3) is 0. The minimum atomic E-state index is -0.470. The predicted octanol–water partition coefficient (Wildman–Crippen LogP) is 3.54. The largest absolute Gasteiger partial charge is 0.438 e. The first-order valence-corrected chi connectivity index (χ1v) is 7.68. The molecular formula is C18H12FN5O2. The van der Waals surface area contributed by atoms with Gasteiger partial charge in [0.15, 0.2) is 5.65 Å². The molecule has 0 aliphatic heterocycles. The number of rotatable bonds is 4. The molecule has 26 heavy (non-hydrogen) atoms. The summed E-state index contributed by atoms with van der Waals surface area (Å²) in [7, 11) is 0. The summed E-state index contributed by atoms with van der Waals surface area (Å²) in [6.07, 6.45) is 2.94. The molecule has 4 aromatic rings. The second-order valence-electron chi connectivity index (χ2n) is 5.41. The Morgan fingerprint density at radius 3 is 2.88 bits per heavy atom. The molecule has 2 aromatic carbocycles. The van der Waals surface area contributed by atoms with E-state index in [9.17, 15) is 9.18 Å². The summed E-state index contributed by atoms with van der Waals surface area (Å²) in [4.78, 5) is 20.4. The minimum Gasteiger partial charge on any atom is -0.438 e. The average Bonchev–Trinajstić information content (AvgIpc) is 3.12. The van der Waals surface area contributed by atoms with Crippen LogP contribution in [0.4, 0.5) is 10.1 Å². The number of nitrogens with zero attached hydrogens (tertiary/aromatic N) is 3. The Morgan fingerprint density at radius 1 is 1.12 bits per heavy atom. The monoisotopic (exact) mass is 349 g/mol. The molecule has 8 heteroatoms. The van der Waals surface area contributed by atoms with Gasteiger partial charge in [0.25, 0.3) is 5.91 Å². The fourth-order valence-corrected chi connectivity index (χ4v) is 2.41. The van der Waals surface area contributed by atoms with Crippen LogP contribution in [0.1, 0.15) is 10.4 Å². The number of halogens is 1. The molecule has 0 radical (unpaired) electrons. The Balaban J connectivity index is 1.55. The van der Waals surface area contributed by atoms with E-state index in [1.165, 1.54) is 30.6 Å². The van der Waals surface area contributed by atoms with Crippen LogP contribution >= 0.6 is 0 Å². The molecule has 128 valence electrons. The van der Waals surface area contributed by atoms with Crippen molar-refractivity contribution >= 4 is 22.6 Å². The molecule has 2 N–H and O–H groups in total. The molecule has 0 fully saturated rings. The normalized spacial score (nSPS) is 10.7. The molecule has 0 spiro atoms. The van der Waals surface area contributed by atoms with Gasteiger partial charge in [0, 0.05) is 17.3 Å². The van der Waals surface area contributed by atoms with Crippen LogP contribution in [0.5, 0.6) is 11.6 Å². The van der Waals surface area contributed by atoms with Gasteiger partial charge in [-0.25, -0.2) is 14.4 Å². The highest BCUT2D eigenvalue weighted by Gasteiger charge is 2.10. The minimum absolute atomic E-state index is 0.229. The first-order chi connectivity index (χ1) is 12.7. The topological polar surface area (TPSA) is 92.8 Å². The van der Waals surface area contributed by atoms with Gasteiger partial charge in [0.05, 0.1) is 6.20 Å². The van der Waals surface area contributed by atoms with E-state index < -0.39 is 11.7 Å². The second kappa shape index (κ2) is 6.60. The predicted molar refractivity (Wildman–Crippen MR) is 92.6 cm³/mol. The third-order valence-corrected chi connectivity index (χ3v) is 3.60. The third-order valence-electron chi connectivity index (χ3n) is 3.60. The highest BCUT2D eigenvalue weighted by molar-refractivity contribution is 6.04. The molecule has 1 amide bonds. The van der Waals surface area contributed by atoms with Gasteiger partial charge in [0.2, 0.25) is 5.88 Å². The maximum Gasteiger partial charge on any atom is 0.255 e. The molecule has 0 unspecified atom stereocenters. The lowest BCUT2D eigenvalue weighted by atomic mass is 10.2. The van der Waals surface area contributed by atoms with E-state index >= 15 is 0 Å². The number of hydrogen-bond acceptors (Lipinski definition) is 5. The van der Waals surface area contributed by atoms with Gasteiger partial charge in [0.1, 0.15) is 23.3 Å². The van der Waals surface area contributed by atoms with Gasteiger partial charge < -0.3 is 10.1 Å². The SMILES string of the molecule is O=C(Nc1cccc(Oc2ncnc3[nH]ncc23)c1)c1cccc(F)c1. The van der Waals surface area contributed by atoms with Crippen LogP contribution in [0, 0.1) is 5.82 Å². The summed E-state index contributed by atoms with van der Waals surface area (Å²) < 4.78 is 19.0. The zero-order chi connectivity index (χ0) is 17.9. The van der Waals surface area contributed by atoms with Crippen LogP contribution in [-0.4, -0.2) is 26.1 Å². The van der Waals surface area contributed by atoms with E-state index in [2.05, 4.69) is 25.5 Å². The smallest absolute Gasteiger partial charge is 0.255 e. The van der Waals surface area contributed by atoms with E-state index in [0.29, 0.717) is 28.4 Å². The van der Waals surface area contributed by atoms with Crippen LogP contribution in [0.25, 0.3) is 11.0 Å². The van der Waals surface area contributed by atoms with Crippen molar-refractivity contribution in [3.63, 3.8) is 0 Å². The van der Waals surface area contributed by atoms with Gasteiger partial charge in [-0.2, -0.15) is 5.10 Å². The average molecular weight is 349 g/mol. The van der Waals surface area contributed by atoms with Crippen LogP contribution < -0.4 is 10.1 Å². The summed E-state index contributed by atoms with van der Waals surface area (Å²) in [6, 6.07) is 12.3. The quantitative estimate of drug-likeness (QED) is 0.588. The molecule has 4 rings (SSSR count). The molecular weight excluding hydrogens is 337 g/mol. The van der Waals surface area contributed by atoms with Crippen molar-refractivity contribution in [2.45, 2.75) is 0 Å². The van der Waals surface area contributed by atoms with E-state index in [0.717, 1.165) is 0 Å². The van der Waals surface area contributed by atoms with Crippen LogP contribution in [0.15, 0.2) is 61.1 Å². The molecule has 2 heterocycles. The van der Waals surface area contributed by atoms with E-state index in [4.69, 9.17) is 4.74 Å². The molecule has 7 nitrogen and oxygen atoms in total. The number of carbonyl (C=O) groups excluding carboxylic acids is 1. The zero-order valence-electron chi connectivity index (χ0n) is 13.3. The van der Waals surface area contributed by atoms with Crippen molar-refractivity contribution in [1.82, 2.24) is 20.2 Å². The summed E-state index contributed by atoms with van der Waals surface area (Å²) in [5, 5.41) is 9.99. The van der Waals surface area contributed by atoms with Gasteiger partial charge in [-0.05, 0) is 30.3 Å². The first-order valence-electron chi connectivity index (χ1n) is 7.68. The van der Waals surface area contributed by atoms with Gasteiger partial charge >= 0.3 is 0 Å². The van der Waals surface area contributed by atoms with Crippen LogP contribution in [0.2, 0.25) is 0 Å². The first kappa shape index (κ1) is 15.7. The molecule has 0 saturated carbocycles. The van der Waals surface area contributed by atoms with Crippen LogP contribution in [0.3, 0.4) is 0 Å².